The van der Waals surface area contributed by atoms with E-state index in [0.717, 1.165) is 6.26 Å². The fourth-order valence-corrected chi connectivity index (χ4v) is 2.67. The molecule has 2 rings (SSSR count). The molecule has 0 saturated heterocycles. The number of halogens is 1. The number of sulfone groups is 1. The van der Waals surface area contributed by atoms with Crippen molar-refractivity contribution in [3.8, 4) is 5.75 Å². The van der Waals surface area contributed by atoms with Gasteiger partial charge in [-0.25, -0.2) is 17.5 Å². The van der Waals surface area contributed by atoms with Crippen molar-refractivity contribution < 1.29 is 17.5 Å². The monoisotopic (exact) mass is 340 g/mol. The molecule has 9 heteroatoms. The fourth-order valence-electron chi connectivity index (χ4n) is 1.86. The van der Waals surface area contributed by atoms with Crippen LogP contribution < -0.4 is 10.5 Å². The highest BCUT2D eigenvalue weighted by Crippen LogP contribution is 2.23. The molecular formula is C14H17FN4O3S. The van der Waals surface area contributed by atoms with Crippen molar-refractivity contribution in [1.82, 2.24) is 15.0 Å². The lowest BCUT2D eigenvalue weighted by Crippen LogP contribution is -2.03. The molecule has 124 valence electrons. The number of allylic oxidation sites excluding steroid dienone is 1. The molecule has 0 bridgehead atoms. The first kappa shape index (κ1) is 17.1. The molecule has 0 spiro atoms. The first-order chi connectivity index (χ1) is 10.9. The Labute approximate surface area is 133 Å². The molecule has 1 heterocycles. The molecule has 2 N–H and O–H groups in total. The summed E-state index contributed by atoms with van der Waals surface area (Å²) in [5.74, 6) is -0.175. The van der Waals surface area contributed by atoms with Crippen molar-refractivity contribution in [1.29, 1.82) is 0 Å². The number of hydrogen-bond acceptors (Lipinski definition) is 6. The molecule has 7 nitrogen and oxygen atoms in total. The topological polar surface area (TPSA) is 100 Å². The van der Waals surface area contributed by atoms with Gasteiger partial charge in [0.15, 0.2) is 9.84 Å². The molecule has 0 aliphatic carbocycles. The molecule has 0 atom stereocenters. The van der Waals surface area contributed by atoms with Gasteiger partial charge in [0.25, 0.3) is 0 Å². The van der Waals surface area contributed by atoms with Gasteiger partial charge in [-0.15, -0.1) is 5.10 Å². The minimum atomic E-state index is -3.39. The Kier molecular flexibility index (Phi) is 5.45. The van der Waals surface area contributed by atoms with E-state index in [1.807, 2.05) is 0 Å². The van der Waals surface area contributed by atoms with E-state index in [4.69, 9.17) is 10.5 Å². The van der Waals surface area contributed by atoms with Gasteiger partial charge in [-0.05, 0) is 18.2 Å². The Morgan fingerprint density at radius 3 is 2.87 bits per heavy atom. The lowest BCUT2D eigenvalue weighted by molar-refractivity contribution is 0.293. The van der Waals surface area contributed by atoms with Crippen LogP contribution in [0.5, 0.6) is 5.75 Å². The van der Waals surface area contributed by atoms with Gasteiger partial charge in [0, 0.05) is 12.8 Å². The SMILES string of the molecule is CS(=O)(=O)c1ccccc1OCc1cn(CC(F)=CCN)nn1. The number of aromatic nitrogens is 3. The Morgan fingerprint density at radius 2 is 2.17 bits per heavy atom. The van der Waals surface area contributed by atoms with Crippen molar-refractivity contribution in [3.63, 3.8) is 0 Å². The van der Waals surface area contributed by atoms with Crippen LogP contribution in [0.2, 0.25) is 0 Å². The number of ether oxygens (including phenoxy) is 1. The van der Waals surface area contributed by atoms with E-state index in [1.54, 1.807) is 18.2 Å². The molecule has 0 fully saturated rings. The summed E-state index contributed by atoms with van der Waals surface area (Å²) in [5, 5.41) is 7.62. The minimum Gasteiger partial charge on any atom is -0.486 e. The Balaban J connectivity index is 2.05. The average Bonchev–Trinajstić information content (AvgIpc) is 2.92. The van der Waals surface area contributed by atoms with Gasteiger partial charge >= 0.3 is 0 Å². The van der Waals surface area contributed by atoms with Crippen LogP contribution >= 0.6 is 0 Å². The summed E-state index contributed by atoms with van der Waals surface area (Å²) in [5.41, 5.74) is 5.67. The van der Waals surface area contributed by atoms with Gasteiger partial charge in [0.1, 0.15) is 28.8 Å². The van der Waals surface area contributed by atoms with Crippen molar-refractivity contribution in [2.24, 2.45) is 5.73 Å². The van der Waals surface area contributed by atoms with Crippen LogP contribution in [0.15, 0.2) is 47.3 Å². The Bertz CT molecular complexity index is 802. The van der Waals surface area contributed by atoms with E-state index in [2.05, 4.69) is 10.3 Å². The largest absolute Gasteiger partial charge is 0.486 e. The zero-order chi connectivity index (χ0) is 16.9. The van der Waals surface area contributed by atoms with Gasteiger partial charge in [-0.3, -0.25) is 0 Å². The number of hydrogen-bond donors (Lipinski definition) is 1. The second kappa shape index (κ2) is 7.34. The lowest BCUT2D eigenvalue weighted by atomic mass is 10.3. The third-order valence-electron chi connectivity index (χ3n) is 2.86. The predicted molar refractivity (Wildman–Crippen MR) is 82.2 cm³/mol. The van der Waals surface area contributed by atoms with E-state index >= 15 is 0 Å². The van der Waals surface area contributed by atoms with Crippen LogP contribution in [0.3, 0.4) is 0 Å². The lowest BCUT2D eigenvalue weighted by Gasteiger charge is -2.08. The van der Waals surface area contributed by atoms with Crippen molar-refractivity contribution >= 4 is 9.84 Å². The van der Waals surface area contributed by atoms with Gasteiger partial charge in [-0.2, -0.15) is 0 Å². The van der Waals surface area contributed by atoms with Crippen molar-refractivity contribution in [3.05, 3.63) is 48.1 Å². The van der Waals surface area contributed by atoms with Crippen LogP contribution in [-0.4, -0.2) is 36.2 Å². The summed E-state index contributed by atoms with van der Waals surface area (Å²) in [6, 6.07) is 6.32. The maximum Gasteiger partial charge on any atom is 0.179 e. The second-order valence-electron chi connectivity index (χ2n) is 4.80. The quantitative estimate of drug-likeness (QED) is 0.809. The van der Waals surface area contributed by atoms with E-state index in [-0.39, 0.29) is 30.3 Å². The van der Waals surface area contributed by atoms with Crippen molar-refractivity contribution in [2.45, 2.75) is 18.0 Å². The number of nitrogens with zero attached hydrogens (tertiary/aromatic N) is 3. The van der Waals surface area contributed by atoms with E-state index < -0.39 is 15.7 Å². The molecule has 0 radical (unpaired) electrons. The van der Waals surface area contributed by atoms with Gasteiger partial charge < -0.3 is 10.5 Å². The highest BCUT2D eigenvalue weighted by Gasteiger charge is 2.14. The van der Waals surface area contributed by atoms with Crippen molar-refractivity contribution in [2.75, 3.05) is 12.8 Å². The first-order valence-corrected chi connectivity index (χ1v) is 8.65. The molecule has 23 heavy (non-hydrogen) atoms. The summed E-state index contributed by atoms with van der Waals surface area (Å²) in [6.07, 6.45) is 3.88. The zero-order valence-corrected chi connectivity index (χ0v) is 13.3. The summed E-state index contributed by atoms with van der Waals surface area (Å²) in [7, 11) is -3.39. The predicted octanol–water partition coefficient (Wildman–Crippen LogP) is 1.07. The highest BCUT2D eigenvalue weighted by molar-refractivity contribution is 7.90. The second-order valence-corrected chi connectivity index (χ2v) is 6.79. The molecular weight excluding hydrogens is 323 g/mol. The Hall–Kier alpha value is -2.26. The third-order valence-corrected chi connectivity index (χ3v) is 4.00. The fraction of sp³-hybridized carbons (Fsp3) is 0.286. The molecule has 0 aliphatic rings. The molecule has 0 amide bonds. The number of rotatable bonds is 7. The van der Waals surface area contributed by atoms with Crippen LogP contribution in [0.1, 0.15) is 5.69 Å². The van der Waals surface area contributed by atoms with E-state index in [0.29, 0.717) is 5.69 Å². The van der Waals surface area contributed by atoms with Crippen LogP contribution in [0.25, 0.3) is 0 Å². The third kappa shape index (κ3) is 4.86. The summed E-state index contributed by atoms with van der Waals surface area (Å²) in [6.45, 7) is 0.0671. The van der Waals surface area contributed by atoms with Gasteiger partial charge in [-0.1, -0.05) is 17.3 Å². The molecule has 1 aromatic carbocycles. The molecule has 0 aliphatic heterocycles. The van der Waals surface area contributed by atoms with E-state index in [1.165, 1.54) is 23.0 Å². The van der Waals surface area contributed by atoms with Crippen LogP contribution in [0.4, 0.5) is 4.39 Å². The van der Waals surface area contributed by atoms with E-state index in [9.17, 15) is 12.8 Å². The first-order valence-electron chi connectivity index (χ1n) is 6.75. The minimum absolute atomic E-state index is 0.0226. The summed E-state index contributed by atoms with van der Waals surface area (Å²) < 4.78 is 43.5. The maximum absolute atomic E-state index is 13.3. The number of para-hydroxylation sites is 1. The zero-order valence-electron chi connectivity index (χ0n) is 12.5. The highest BCUT2D eigenvalue weighted by atomic mass is 32.2. The summed E-state index contributed by atoms with van der Waals surface area (Å²) in [4.78, 5) is 0.101. The molecule has 0 unspecified atom stereocenters. The van der Waals surface area contributed by atoms with Gasteiger partial charge in [0.2, 0.25) is 0 Å². The maximum atomic E-state index is 13.3. The van der Waals surface area contributed by atoms with Gasteiger partial charge in [0.05, 0.1) is 12.7 Å². The summed E-state index contributed by atoms with van der Waals surface area (Å²) >= 11 is 0. The average molecular weight is 340 g/mol. The molecule has 0 saturated carbocycles. The smallest absolute Gasteiger partial charge is 0.179 e. The normalized spacial score (nSPS) is 12.4. The number of benzene rings is 1. The molecule has 2 aromatic rings. The van der Waals surface area contributed by atoms with Crippen LogP contribution in [0, 0.1) is 0 Å². The standard InChI is InChI=1S/C14H17FN4O3S/c1-23(20,21)14-5-3-2-4-13(14)22-10-12-9-19(18-17-12)8-11(15)6-7-16/h2-6,9H,7-8,10,16H2,1H3. The van der Waals surface area contributed by atoms with Crippen LogP contribution in [-0.2, 0) is 23.0 Å². The molecule has 1 aromatic heterocycles. The Morgan fingerprint density at radius 1 is 1.43 bits per heavy atom. The number of nitrogens with two attached hydrogens (primary N) is 1.